The Morgan fingerprint density at radius 1 is 1.40 bits per heavy atom. The molecule has 1 nitrogen and oxygen atoms in total. The van der Waals surface area contributed by atoms with Gasteiger partial charge in [0.15, 0.2) is 0 Å². The van der Waals surface area contributed by atoms with E-state index >= 15 is 0 Å². The third kappa shape index (κ3) is 2.34. The summed E-state index contributed by atoms with van der Waals surface area (Å²) in [6.45, 7) is 1.94. The third-order valence-corrected chi connectivity index (χ3v) is 3.10. The zero-order valence-corrected chi connectivity index (χ0v) is 8.76. The van der Waals surface area contributed by atoms with Gasteiger partial charge in [0.1, 0.15) is 11.6 Å². The molecule has 1 fully saturated rings. The molecular formula is C12H15F2N. The van der Waals surface area contributed by atoms with Crippen LogP contribution in [0.15, 0.2) is 18.2 Å². The minimum Gasteiger partial charge on any atom is -0.325 e. The maximum Gasteiger partial charge on any atom is 0.129 e. The van der Waals surface area contributed by atoms with Crippen molar-refractivity contribution in [3.8, 4) is 0 Å². The molecule has 0 radical (unpaired) electrons. The molecule has 1 aliphatic carbocycles. The fourth-order valence-corrected chi connectivity index (χ4v) is 1.96. The van der Waals surface area contributed by atoms with Crippen LogP contribution in [-0.4, -0.2) is 5.54 Å². The third-order valence-electron chi connectivity index (χ3n) is 3.10. The number of benzene rings is 1. The van der Waals surface area contributed by atoms with Gasteiger partial charge in [0.05, 0.1) is 0 Å². The molecule has 0 spiro atoms. The van der Waals surface area contributed by atoms with Crippen LogP contribution in [-0.2, 0) is 6.42 Å². The van der Waals surface area contributed by atoms with Crippen molar-refractivity contribution in [2.24, 2.45) is 11.7 Å². The van der Waals surface area contributed by atoms with E-state index in [4.69, 9.17) is 5.73 Å². The van der Waals surface area contributed by atoms with E-state index in [0.29, 0.717) is 17.9 Å². The summed E-state index contributed by atoms with van der Waals surface area (Å²) in [7, 11) is 0. The molecule has 1 unspecified atom stereocenters. The van der Waals surface area contributed by atoms with E-state index in [1.54, 1.807) is 0 Å². The van der Waals surface area contributed by atoms with Gasteiger partial charge >= 0.3 is 0 Å². The average Bonchev–Trinajstić information content (AvgIpc) is 2.92. The average molecular weight is 211 g/mol. The molecule has 82 valence electrons. The standard InChI is InChI=1S/C12H15F2N/c1-12(15,9-3-4-9)7-8-2-5-10(13)6-11(8)14/h2,5-6,9H,3-4,7,15H2,1H3. The van der Waals surface area contributed by atoms with E-state index in [9.17, 15) is 8.78 Å². The van der Waals surface area contributed by atoms with Crippen molar-refractivity contribution in [1.82, 2.24) is 0 Å². The first-order valence-electron chi connectivity index (χ1n) is 5.22. The minimum atomic E-state index is -0.540. The van der Waals surface area contributed by atoms with E-state index in [1.165, 1.54) is 12.1 Å². The molecule has 3 heteroatoms. The van der Waals surface area contributed by atoms with Gasteiger partial charge in [-0.2, -0.15) is 0 Å². The molecule has 0 aromatic heterocycles. The predicted octanol–water partition coefficient (Wildman–Crippen LogP) is 2.63. The van der Waals surface area contributed by atoms with Crippen LogP contribution in [0.5, 0.6) is 0 Å². The van der Waals surface area contributed by atoms with Gasteiger partial charge in [0.2, 0.25) is 0 Å². The van der Waals surface area contributed by atoms with E-state index < -0.39 is 11.6 Å². The molecule has 0 heterocycles. The molecule has 2 N–H and O–H groups in total. The van der Waals surface area contributed by atoms with Crippen LogP contribution in [0.1, 0.15) is 25.3 Å². The van der Waals surface area contributed by atoms with Gasteiger partial charge in [-0.05, 0) is 43.7 Å². The second kappa shape index (κ2) is 3.56. The summed E-state index contributed by atoms with van der Waals surface area (Å²) >= 11 is 0. The van der Waals surface area contributed by atoms with Crippen molar-refractivity contribution in [1.29, 1.82) is 0 Å². The molecule has 0 saturated heterocycles. The molecule has 15 heavy (non-hydrogen) atoms. The SMILES string of the molecule is CC(N)(Cc1ccc(F)cc1F)C1CC1. The van der Waals surface area contributed by atoms with E-state index in [1.807, 2.05) is 6.92 Å². The summed E-state index contributed by atoms with van der Waals surface area (Å²) in [6.07, 6.45) is 2.72. The molecule has 1 saturated carbocycles. The van der Waals surface area contributed by atoms with Crippen molar-refractivity contribution in [2.75, 3.05) is 0 Å². The minimum absolute atomic E-state index is 0.362. The zero-order valence-electron chi connectivity index (χ0n) is 8.76. The summed E-state index contributed by atoms with van der Waals surface area (Å²) in [4.78, 5) is 0. The Labute approximate surface area is 88.3 Å². The molecular weight excluding hydrogens is 196 g/mol. The van der Waals surface area contributed by atoms with Crippen molar-refractivity contribution in [3.05, 3.63) is 35.4 Å². The highest BCUT2D eigenvalue weighted by molar-refractivity contribution is 5.21. The van der Waals surface area contributed by atoms with E-state index in [-0.39, 0.29) is 5.54 Å². The lowest BCUT2D eigenvalue weighted by atomic mass is 9.89. The van der Waals surface area contributed by atoms with Crippen LogP contribution in [0.4, 0.5) is 8.78 Å². The van der Waals surface area contributed by atoms with Crippen molar-refractivity contribution >= 4 is 0 Å². The molecule has 1 atom stereocenters. The van der Waals surface area contributed by atoms with Gasteiger partial charge in [-0.1, -0.05) is 6.07 Å². The summed E-state index contributed by atoms with van der Waals surface area (Å²) in [5.41, 5.74) is 6.25. The predicted molar refractivity (Wildman–Crippen MR) is 55.4 cm³/mol. The first kappa shape index (κ1) is 10.6. The Bertz CT molecular complexity index is 370. The number of halogens is 2. The van der Waals surface area contributed by atoms with E-state index in [2.05, 4.69) is 0 Å². The lowest BCUT2D eigenvalue weighted by Gasteiger charge is -2.24. The summed E-state index contributed by atoms with van der Waals surface area (Å²) in [5.74, 6) is -0.546. The highest BCUT2D eigenvalue weighted by Gasteiger charge is 2.38. The van der Waals surface area contributed by atoms with Crippen LogP contribution < -0.4 is 5.73 Å². The smallest absolute Gasteiger partial charge is 0.129 e. The maximum atomic E-state index is 13.4. The quantitative estimate of drug-likeness (QED) is 0.817. The molecule has 1 aromatic rings. The Hall–Kier alpha value is -0.960. The maximum absolute atomic E-state index is 13.4. The zero-order chi connectivity index (χ0) is 11.1. The van der Waals surface area contributed by atoms with Crippen LogP contribution in [0.2, 0.25) is 0 Å². The van der Waals surface area contributed by atoms with Gasteiger partial charge in [-0.25, -0.2) is 8.78 Å². The number of nitrogens with two attached hydrogens (primary N) is 1. The fourth-order valence-electron chi connectivity index (χ4n) is 1.96. The fraction of sp³-hybridized carbons (Fsp3) is 0.500. The highest BCUT2D eigenvalue weighted by Crippen LogP contribution is 2.39. The van der Waals surface area contributed by atoms with Crippen LogP contribution in [0, 0.1) is 17.6 Å². The first-order chi connectivity index (χ1) is 6.99. The van der Waals surface area contributed by atoms with Crippen molar-refractivity contribution in [2.45, 2.75) is 31.7 Å². The van der Waals surface area contributed by atoms with Gasteiger partial charge in [0, 0.05) is 11.6 Å². The molecule has 0 amide bonds. The largest absolute Gasteiger partial charge is 0.325 e. The molecule has 0 bridgehead atoms. The Kier molecular flexibility index (Phi) is 2.51. The second-order valence-electron chi connectivity index (χ2n) is 4.69. The number of hydrogen-bond donors (Lipinski definition) is 1. The summed E-state index contributed by atoms with van der Waals surface area (Å²) < 4.78 is 26.0. The van der Waals surface area contributed by atoms with Gasteiger partial charge in [-0.15, -0.1) is 0 Å². The lowest BCUT2D eigenvalue weighted by molar-refractivity contribution is 0.398. The summed E-state index contributed by atoms with van der Waals surface area (Å²) in [6, 6.07) is 3.68. The van der Waals surface area contributed by atoms with Crippen LogP contribution >= 0.6 is 0 Å². The van der Waals surface area contributed by atoms with E-state index in [0.717, 1.165) is 18.9 Å². The second-order valence-corrected chi connectivity index (χ2v) is 4.69. The van der Waals surface area contributed by atoms with Crippen LogP contribution in [0.25, 0.3) is 0 Å². The summed E-state index contributed by atoms with van der Waals surface area (Å²) in [5, 5.41) is 0. The lowest BCUT2D eigenvalue weighted by Crippen LogP contribution is -2.41. The molecule has 0 aliphatic heterocycles. The molecule has 1 aromatic carbocycles. The first-order valence-corrected chi connectivity index (χ1v) is 5.22. The Morgan fingerprint density at radius 3 is 2.60 bits per heavy atom. The van der Waals surface area contributed by atoms with Gasteiger partial charge < -0.3 is 5.73 Å². The Balaban J connectivity index is 2.16. The molecule has 1 aliphatic rings. The topological polar surface area (TPSA) is 26.0 Å². The monoisotopic (exact) mass is 211 g/mol. The number of hydrogen-bond acceptors (Lipinski definition) is 1. The Morgan fingerprint density at radius 2 is 2.07 bits per heavy atom. The van der Waals surface area contributed by atoms with Gasteiger partial charge in [0.25, 0.3) is 0 Å². The van der Waals surface area contributed by atoms with Gasteiger partial charge in [-0.3, -0.25) is 0 Å². The highest BCUT2D eigenvalue weighted by atomic mass is 19.1. The number of rotatable bonds is 3. The van der Waals surface area contributed by atoms with Crippen LogP contribution in [0.3, 0.4) is 0 Å². The molecule has 2 rings (SSSR count). The normalized spacial score (nSPS) is 20.0. The van der Waals surface area contributed by atoms with Crippen molar-refractivity contribution < 1.29 is 8.78 Å². The van der Waals surface area contributed by atoms with Crippen molar-refractivity contribution in [3.63, 3.8) is 0 Å².